The molecule has 0 fully saturated rings. The van der Waals surface area contributed by atoms with Gasteiger partial charge in [0.2, 0.25) is 5.91 Å². The van der Waals surface area contributed by atoms with E-state index in [-0.39, 0.29) is 22.4 Å². The predicted octanol–water partition coefficient (Wildman–Crippen LogP) is 5.04. The average Bonchev–Trinajstić information content (AvgIpc) is 3.38. The van der Waals surface area contributed by atoms with Gasteiger partial charge in [-0.1, -0.05) is 42.5 Å². The number of quaternary nitrogens is 1. The van der Waals surface area contributed by atoms with Gasteiger partial charge in [0, 0.05) is 36.4 Å². The number of alkyl halides is 3. The van der Waals surface area contributed by atoms with Crippen molar-refractivity contribution in [2.24, 2.45) is 0 Å². The average molecular weight is 580 g/mol. The third kappa shape index (κ3) is 7.13. The molecule has 12 heteroatoms. The number of rotatable bonds is 10. The normalized spacial score (nSPS) is 11.7. The molecular formula is C30H24F5N6O+. The second-order valence-corrected chi connectivity index (χ2v) is 9.16. The molecule has 214 valence electrons. The lowest BCUT2D eigenvalue weighted by molar-refractivity contribution is -0.605. The zero-order valence-corrected chi connectivity index (χ0v) is 21.9. The monoisotopic (exact) mass is 579 g/mol. The third-order valence-corrected chi connectivity index (χ3v) is 6.27. The number of carbonyl (C=O) groups excluding carboxylic acids is 1. The molecule has 0 aliphatic carbocycles. The number of nitrogens with zero attached hydrogens (tertiary/aromatic N) is 3. The molecule has 0 saturated carbocycles. The van der Waals surface area contributed by atoms with Crippen molar-refractivity contribution in [2.75, 3.05) is 5.32 Å². The molecule has 42 heavy (non-hydrogen) atoms. The molecule has 4 aromatic rings. The van der Waals surface area contributed by atoms with Crippen LogP contribution in [0.4, 0.5) is 27.6 Å². The first-order valence-electron chi connectivity index (χ1n) is 12.6. The highest BCUT2D eigenvalue weighted by Crippen LogP contribution is 2.32. The second-order valence-electron chi connectivity index (χ2n) is 9.16. The van der Waals surface area contributed by atoms with Gasteiger partial charge in [0.25, 0.3) is 0 Å². The minimum absolute atomic E-state index is 0.0918. The Morgan fingerprint density at radius 2 is 1.88 bits per heavy atom. The highest BCUT2D eigenvalue weighted by molar-refractivity contribution is 6.09. The maximum Gasteiger partial charge on any atom is 0.419 e. The minimum Gasteiger partial charge on any atom is -0.326 e. The van der Waals surface area contributed by atoms with Gasteiger partial charge in [-0.2, -0.15) is 18.4 Å². The van der Waals surface area contributed by atoms with E-state index in [0.29, 0.717) is 19.2 Å². The number of nitrogens with one attached hydrogen (secondary N) is 2. The highest BCUT2D eigenvalue weighted by Gasteiger charge is 2.35. The first-order valence-corrected chi connectivity index (χ1v) is 12.6. The van der Waals surface area contributed by atoms with E-state index in [1.165, 1.54) is 12.3 Å². The van der Waals surface area contributed by atoms with Crippen LogP contribution in [0.2, 0.25) is 0 Å². The molecule has 1 amide bonds. The van der Waals surface area contributed by atoms with Gasteiger partial charge in [-0.25, -0.2) is 13.8 Å². The molecule has 0 radical (unpaired) electrons. The van der Waals surface area contributed by atoms with Crippen LogP contribution in [0, 0.1) is 28.4 Å². The van der Waals surface area contributed by atoms with E-state index in [0.717, 1.165) is 35.8 Å². The van der Waals surface area contributed by atoms with Crippen LogP contribution in [0.25, 0.3) is 5.57 Å². The van der Waals surface area contributed by atoms with E-state index in [1.807, 2.05) is 47.2 Å². The zero-order chi connectivity index (χ0) is 30.3. The number of allylic oxidation sites excluding steroid dienone is 1. The Hall–Kier alpha value is -5.15. The van der Waals surface area contributed by atoms with Crippen molar-refractivity contribution >= 4 is 23.4 Å². The first-order chi connectivity index (χ1) is 20.1. The fourth-order valence-electron chi connectivity index (χ4n) is 4.32. The molecule has 0 saturated heterocycles. The lowest BCUT2D eigenvalue weighted by Crippen LogP contribution is -2.76. The number of aromatic nitrogens is 2. The van der Waals surface area contributed by atoms with Crippen LogP contribution in [-0.2, 0) is 30.5 Å². The van der Waals surface area contributed by atoms with E-state index < -0.39 is 41.3 Å². The van der Waals surface area contributed by atoms with Gasteiger partial charge < -0.3 is 20.6 Å². The maximum atomic E-state index is 15.2. The smallest absolute Gasteiger partial charge is 0.326 e. The van der Waals surface area contributed by atoms with E-state index in [1.54, 1.807) is 11.5 Å². The molecule has 4 rings (SSSR count). The number of imidazole rings is 1. The molecule has 1 aromatic heterocycles. The Kier molecular flexibility index (Phi) is 9.24. The summed E-state index contributed by atoms with van der Waals surface area (Å²) >= 11 is 0. The predicted molar refractivity (Wildman–Crippen MR) is 145 cm³/mol. The van der Waals surface area contributed by atoms with Crippen LogP contribution in [-0.4, -0.2) is 21.7 Å². The lowest BCUT2D eigenvalue weighted by atomic mass is 10.00. The number of carbonyl (C=O) groups is 1. The zero-order valence-electron chi connectivity index (χ0n) is 21.9. The quantitative estimate of drug-likeness (QED) is 0.181. The van der Waals surface area contributed by atoms with Crippen molar-refractivity contribution < 1.29 is 32.1 Å². The molecule has 3 aromatic carbocycles. The fourth-order valence-corrected chi connectivity index (χ4v) is 4.32. The van der Waals surface area contributed by atoms with Gasteiger partial charge in [0.15, 0.2) is 5.82 Å². The molecule has 4 N–H and O–H groups in total. The number of nitrogens with two attached hydrogens (primary N) is 1. The van der Waals surface area contributed by atoms with Crippen molar-refractivity contribution in [3.8, 4) is 6.07 Å². The SMILES string of the molecule is N#Cc1cc(NC(=O)Cc2cccc(C(F)(F)F)c2F)cc(F)c1/C(C=N)=C/[NH2+]Cc1nccn1Cc1ccccc1. The third-order valence-electron chi connectivity index (χ3n) is 6.27. The van der Waals surface area contributed by atoms with Gasteiger partial charge in [-0.05, 0) is 29.3 Å². The highest BCUT2D eigenvalue weighted by atomic mass is 19.4. The summed E-state index contributed by atoms with van der Waals surface area (Å²) in [5.41, 5.74) is -1.33. The number of hydrogen-bond acceptors (Lipinski definition) is 4. The molecule has 0 unspecified atom stereocenters. The van der Waals surface area contributed by atoms with Crippen molar-refractivity contribution in [2.45, 2.75) is 25.7 Å². The molecule has 0 bridgehead atoms. The van der Waals surface area contributed by atoms with E-state index >= 15 is 4.39 Å². The summed E-state index contributed by atoms with van der Waals surface area (Å²) in [5.74, 6) is -2.66. The van der Waals surface area contributed by atoms with E-state index in [2.05, 4.69) is 10.3 Å². The Bertz CT molecular complexity index is 1670. The van der Waals surface area contributed by atoms with E-state index in [9.17, 15) is 27.6 Å². The summed E-state index contributed by atoms with van der Waals surface area (Å²) in [7, 11) is 0. The summed E-state index contributed by atoms with van der Waals surface area (Å²) in [5, 5.41) is 21.4. The minimum atomic E-state index is -4.93. The summed E-state index contributed by atoms with van der Waals surface area (Å²) < 4.78 is 70.4. The number of anilines is 1. The van der Waals surface area contributed by atoms with Crippen molar-refractivity contribution in [3.05, 3.63) is 125 Å². The maximum absolute atomic E-state index is 15.2. The Labute approximate surface area is 237 Å². The summed E-state index contributed by atoms with van der Waals surface area (Å²) in [6.07, 6.45) is 0.192. The lowest BCUT2D eigenvalue weighted by Gasteiger charge is -2.12. The van der Waals surface area contributed by atoms with Crippen LogP contribution in [0.3, 0.4) is 0 Å². The molecular weight excluding hydrogens is 555 g/mol. The Balaban J connectivity index is 1.48. The number of nitriles is 1. The van der Waals surface area contributed by atoms with Crippen LogP contribution < -0.4 is 10.6 Å². The molecule has 1 heterocycles. The van der Waals surface area contributed by atoms with Crippen LogP contribution in [0.5, 0.6) is 0 Å². The summed E-state index contributed by atoms with van der Waals surface area (Å²) in [4.78, 5) is 16.8. The summed E-state index contributed by atoms with van der Waals surface area (Å²) in [6.45, 7) is 0.965. The molecule has 0 aliphatic rings. The number of hydrogen-bond donors (Lipinski definition) is 3. The fraction of sp³-hybridized carbons (Fsp3) is 0.133. The number of amides is 1. The first kappa shape index (κ1) is 29.8. The Morgan fingerprint density at radius 3 is 2.57 bits per heavy atom. The van der Waals surface area contributed by atoms with Gasteiger partial charge >= 0.3 is 6.18 Å². The Morgan fingerprint density at radius 1 is 1.12 bits per heavy atom. The molecule has 0 atom stereocenters. The van der Waals surface area contributed by atoms with E-state index in [4.69, 9.17) is 5.41 Å². The molecule has 0 aliphatic heterocycles. The van der Waals surface area contributed by atoms with Crippen LogP contribution in [0.15, 0.2) is 79.3 Å². The van der Waals surface area contributed by atoms with Gasteiger partial charge in [0.05, 0.1) is 29.2 Å². The standard InChI is InChI=1S/C30H23F5N6O/c31-25-13-23(40-27(42)12-20-7-4-8-24(29(20)32)30(33,34)35)11-21(14-36)28(25)22(15-37)16-38-17-26-39-9-10-41(26)18-19-5-2-1-3-6-19/h1-11,13,15-16,37-38H,12,17-18H2,(H,40,42)/p+1/b22-16+,37-15?. The largest absolute Gasteiger partial charge is 0.419 e. The van der Waals surface area contributed by atoms with Crippen molar-refractivity contribution in [1.29, 1.82) is 10.7 Å². The molecule has 7 nitrogen and oxygen atoms in total. The van der Waals surface area contributed by atoms with Gasteiger partial charge in [0.1, 0.15) is 24.4 Å². The molecule has 0 spiro atoms. The van der Waals surface area contributed by atoms with Gasteiger partial charge in [-0.3, -0.25) is 4.79 Å². The number of halogens is 5. The number of benzene rings is 3. The topological polar surface area (TPSA) is 111 Å². The summed E-state index contributed by atoms with van der Waals surface area (Å²) in [6, 6.07) is 16.3. The van der Waals surface area contributed by atoms with Crippen molar-refractivity contribution in [1.82, 2.24) is 9.55 Å². The second kappa shape index (κ2) is 13.0. The van der Waals surface area contributed by atoms with Crippen LogP contribution in [0.1, 0.15) is 33.6 Å². The van der Waals surface area contributed by atoms with Crippen LogP contribution >= 0.6 is 0 Å². The van der Waals surface area contributed by atoms with Crippen molar-refractivity contribution in [3.63, 3.8) is 0 Å². The van der Waals surface area contributed by atoms with Gasteiger partial charge in [-0.15, -0.1) is 0 Å².